The second-order valence-corrected chi connectivity index (χ2v) is 5.21. The Morgan fingerprint density at radius 3 is 2.76 bits per heavy atom. The van der Waals surface area contributed by atoms with Crippen LogP contribution < -0.4 is 5.73 Å². The zero-order valence-corrected chi connectivity index (χ0v) is 10.3. The highest BCUT2D eigenvalue weighted by molar-refractivity contribution is 6.31. The lowest BCUT2D eigenvalue weighted by Crippen LogP contribution is -2.25. The number of nitrogens with zero attached hydrogens (tertiary/aromatic N) is 1. The topological polar surface area (TPSA) is 52.0 Å². The zero-order chi connectivity index (χ0) is 11.8. The van der Waals surface area contributed by atoms with Crippen LogP contribution in [0, 0.1) is 0 Å². The van der Waals surface area contributed by atoms with Crippen LogP contribution >= 0.6 is 11.6 Å². The molecule has 2 N–H and O–H groups in total. The van der Waals surface area contributed by atoms with Gasteiger partial charge in [0.1, 0.15) is 5.52 Å². The molecule has 4 heteroatoms. The van der Waals surface area contributed by atoms with Gasteiger partial charge in [0.15, 0.2) is 11.5 Å². The summed E-state index contributed by atoms with van der Waals surface area (Å²) >= 11 is 5.93. The molecule has 0 bridgehead atoms. The standard InChI is InChI=1S/C13H15ClN2O/c14-9-3-6-12-11(7-9)16-13(17-12)8-1-4-10(15)5-2-8/h3,6-8,10H,1-2,4-5,15H2. The second-order valence-electron chi connectivity index (χ2n) is 4.78. The predicted molar refractivity (Wildman–Crippen MR) is 68.2 cm³/mol. The SMILES string of the molecule is NC1CCC(c2nc3cc(Cl)ccc3o2)CC1. The molecule has 0 saturated heterocycles. The highest BCUT2D eigenvalue weighted by Crippen LogP contribution is 2.33. The Bertz CT molecular complexity index is 529. The Morgan fingerprint density at radius 1 is 1.24 bits per heavy atom. The number of oxazole rings is 1. The van der Waals surface area contributed by atoms with Crippen LogP contribution in [0.25, 0.3) is 11.1 Å². The molecule has 1 aliphatic rings. The molecule has 1 aromatic heterocycles. The van der Waals surface area contributed by atoms with Crippen LogP contribution in [0.15, 0.2) is 22.6 Å². The first-order valence-corrected chi connectivity index (χ1v) is 6.42. The minimum Gasteiger partial charge on any atom is -0.440 e. The van der Waals surface area contributed by atoms with Crippen molar-refractivity contribution in [2.75, 3.05) is 0 Å². The minimum absolute atomic E-state index is 0.352. The summed E-state index contributed by atoms with van der Waals surface area (Å²) < 4.78 is 5.79. The molecule has 1 heterocycles. The van der Waals surface area contributed by atoms with E-state index in [0.29, 0.717) is 17.0 Å². The molecule has 0 spiro atoms. The molecular formula is C13H15ClN2O. The molecule has 1 aliphatic carbocycles. The first-order valence-electron chi connectivity index (χ1n) is 6.04. The number of nitrogens with two attached hydrogens (primary N) is 1. The van der Waals surface area contributed by atoms with Crippen molar-refractivity contribution in [2.24, 2.45) is 5.73 Å². The fraction of sp³-hybridized carbons (Fsp3) is 0.462. The van der Waals surface area contributed by atoms with E-state index in [-0.39, 0.29) is 0 Å². The molecule has 0 amide bonds. The van der Waals surface area contributed by atoms with Gasteiger partial charge in [0.25, 0.3) is 0 Å². The molecule has 2 aromatic rings. The molecule has 1 aromatic carbocycles. The smallest absolute Gasteiger partial charge is 0.198 e. The van der Waals surface area contributed by atoms with E-state index >= 15 is 0 Å². The fourth-order valence-corrected chi connectivity index (χ4v) is 2.63. The first kappa shape index (κ1) is 11.1. The average Bonchev–Trinajstić information content (AvgIpc) is 2.72. The van der Waals surface area contributed by atoms with Gasteiger partial charge in [-0.05, 0) is 43.9 Å². The molecule has 0 atom stereocenters. The summed E-state index contributed by atoms with van der Waals surface area (Å²) in [4.78, 5) is 4.53. The number of aromatic nitrogens is 1. The molecule has 1 saturated carbocycles. The van der Waals surface area contributed by atoms with Crippen LogP contribution in [0.5, 0.6) is 0 Å². The maximum Gasteiger partial charge on any atom is 0.198 e. The lowest BCUT2D eigenvalue weighted by Gasteiger charge is -2.23. The van der Waals surface area contributed by atoms with Crippen molar-refractivity contribution in [1.29, 1.82) is 0 Å². The van der Waals surface area contributed by atoms with Crippen LogP contribution in [0.2, 0.25) is 5.02 Å². The zero-order valence-electron chi connectivity index (χ0n) is 9.53. The monoisotopic (exact) mass is 250 g/mol. The number of fused-ring (bicyclic) bond motifs is 1. The Morgan fingerprint density at radius 2 is 2.00 bits per heavy atom. The number of benzene rings is 1. The molecule has 0 radical (unpaired) electrons. The largest absolute Gasteiger partial charge is 0.440 e. The van der Waals surface area contributed by atoms with Gasteiger partial charge in [0.2, 0.25) is 0 Å². The Hall–Kier alpha value is -1.06. The van der Waals surface area contributed by atoms with Crippen LogP contribution in [0.3, 0.4) is 0 Å². The summed E-state index contributed by atoms with van der Waals surface area (Å²) in [6.07, 6.45) is 4.26. The van der Waals surface area contributed by atoms with Crippen molar-refractivity contribution in [2.45, 2.75) is 37.6 Å². The van der Waals surface area contributed by atoms with Crippen LogP contribution in [-0.2, 0) is 0 Å². The van der Waals surface area contributed by atoms with Gasteiger partial charge in [0.05, 0.1) is 0 Å². The summed E-state index contributed by atoms with van der Waals surface area (Å²) in [7, 11) is 0. The van der Waals surface area contributed by atoms with Gasteiger partial charge in [-0.1, -0.05) is 11.6 Å². The lowest BCUT2D eigenvalue weighted by atomic mass is 9.86. The van der Waals surface area contributed by atoms with E-state index in [9.17, 15) is 0 Å². The van der Waals surface area contributed by atoms with E-state index in [1.165, 1.54) is 0 Å². The van der Waals surface area contributed by atoms with Gasteiger partial charge in [-0.15, -0.1) is 0 Å². The third kappa shape index (κ3) is 2.17. The normalized spacial score (nSPS) is 25.3. The molecular weight excluding hydrogens is 236 g/mol. The Kier molecular flexibility index (Phi) is 2.81. The number of hydrogen-bond acceptors (Lipinski definition) is 3. The van der Waals surface area contributed by atoms with Gasteiger partial charge >= 0.3 is 0 Å². The maximum atomic E-state index is 5.93. The lowest BCUT2D eigenvalue weighted by molar-refractivity contribution is 0.346. The third-order valence-electron chi connectivity index (χ3n) is 3.49. The van der Waals surface area contributed by atoms with Crippen molar-refractivity contribution in [3.05, 3.63) is 29.1 Å². The number of rotatable bonds is 1. The predicted octanol–water partition coefficient (Wildman–Crippen LogP) is 3.47. The highest BCUT2D eigenvalue weighted by Gasteiger charge is 2.24. The van der Waals surface area contributed by atoms with Gasteiger partial charge in [-0.25, -0.2) is 4.98 Å². The first-order chi connectivity index (χ1) is 8.22. The van der Waals surface area contributed by atoms with Crippen LogP contribution in [0.4, 0.5) is 0 Å². The molecule has 3 nitrogen and oxygen atoms in total. The number of halogens is 1. The molecule has 17 heavy (non-hydrogen) atoms. The van der Waals surface area contributed by atoms with Crippen molar-refractivity contribution < 1.29 is 4.42 Å². The third-order valence-corrected chi connectivity index (χ3v) is 3.72. The summed E-state index contributed by atoms with van der Waals surface area (Å²) in [6.45, 7) is 0. The molecule has 3 rings (SSSR count). The Labute approximate surface area is 105 Å². The van der Waals surface area contributed by atoms with Gasteiger partial charge in [0, 0.05) is 17.0 Å². The van der Waals surface area contributed by atoms with Crippen LogP contribution in [0.1, 0.15) is 37.5 Å². The van der Waals surface area contributed by atoms with E-state index in [0.717, 1.165) is 42.7 Å². The van der Waals surface area contributed by atoms with E-state index < -0.39 is 0 Å². The average molecular weight is 251 g/mol. The van der Waals surface area contributed by atoms with E-state index in [4.69, 9.17) is 21.8 Å². The van der Waals surface area contributed by atoms with Crippen molar-refractivity contribution >= 4 is 22.7 Å². The van der Waals surface area contributed by atoms with Gasteiger partial charge in [-0.2, -0.15) is 0 Å². The van der Waals surface area contributed by atoms with Crippen molar-refractivity contribution in [3.63, 3.8) is 0 Å². The summed E-state index contributed by atoms with van der Waals surface area (Å²) in [5, 5.41) is 0.697. The quantitative estimate of drug-likeness (QED) is 0.843. The summed E-state index contributed by atoms with van der Waals surface area (Å²) in [6, 6.07) is 5.90. The molecule has 0 unspecified atom stereocenters. The molecule has 90 valence electrons. The van der Waals surface area contributed by atoms with Crippen molar-refractivity contribution in [3.8, 4) is 0 Å². The molecule has 1 fully saturated rings. The van der Waals surface area contributed by atoms with Crippen LogP contribution in [-0.4, -0.2) is 11.0 Å². The Balaban J connectivity index is 1.90. The fourth-order valence-electron chi connectivity index (χ4n) is 2.46. The summed E-state index contributed by atoms with van der Waals surface area (Å²) in [5.41, 5.74) is 7.57. The van der Waals surface area contributed by atoms with E-state index in [2.05, 4.69) is 4.98 Å². The maximum absolute atomic E-state index is 5.93. The summed E-state index contributed by atoms with van der Waals surface area (Å²) in [5.74, 6) is 1.26. The highest BCUT2D eigenvalue weighted by atomic mass is 35.5. The minimum atomic E-state index is 0.352. The van der Waals surface area contributed by atoms with E-state index in [1.807, 2.05) is 18.2 Å². The van der Waals surface area contributed by atoms with Crippen molar-refractivity contribution in [1.82, 2.24) is 4.98 Å². The number of hydrogen-bond donors (Lipinski definition) is 1. The molecule has 0 aliphatic heterocycles. The second kappa shape index (κ2) is 4.31. The van der Waals surface area contributed by atoms with Gasteiger partial charge in [-0.3, -0.25) is 0 Å². The van der Waals surface area contributed by atoms with E-state index in [1.54, 1.807) is 0 Å². The van der Waals surface area contributed by atoms with Gasteiger partial charge < -0.3 is 10.2 Å².